The molecule has 0 radical (unpaired) electrons. The third-order valence-electron chi connectivity index (χ3n) is 5.61. The number of amides is 1. The molecule has 170 valence electrons. The number of hydroxylamine groups is 1. The molecule has 1 aromatic carbocycles. The summed E-state index contributed by atoms with van der Waals surface area (Å²) in [6, 6.07) is 10.3. The molecule has 2 aliphatic rings. The molecule has 2 saturated heterocycles. The van der Waals surface area contributed by atoms with E-state index in [2.05, 4.69) is 38.2 Å². The molecule has 0 spiro atoms. The molecule has 2 atom stereocenters. The van der Waals surface area contributed by atoms with Crippen molar-refractivity contribution in [2.45, 2.75) is 43.9 Å². The van der Waals surface area contributed by atoms with Crippen LogP contribution < -0.4 is 16.1 Å². The number of rotatable bonds is 8. The van der Waals surface area contributed by atoms with Crippen molar-refractivity contribution in [3.8, 4) is 0 Å². The normalized spacial score (nSPS) is 23.7. The molecule has 4 rings (SSSR count). The van der Waals surface area contributed by atoms with E-state index >= 15 is 0 Å². The molecule has 1 aromatic heterocycles. The van der Waals surface area contributed by atoms with Crippen LogP contribution in [-0.2, 0) is 20.8 Å². The number of halogens is 1. The van der Waals surface area contributed by atoms with Gasteiger partial charge < -0.3 is 15.4 Å². The summed E-state index contributed by atoms with van der Waals surface area (Å²) in [6.07, 6.45) is 7.81. The Kier molecular flexibility index (Phi) is 7.41. The van der Waals surface area contributed by atoms with Gasteiger partial charge in [-0.1, -0.05) is 30.3 Å². The lowest BCUT2D eigenvalue weighted by molar-refractivity contribution is -0.199. The Morgan fingerprint density at radius 3 is 2.84 bits per heavy atom. The average Bonchev–Trinajstić information content (AvgIpc) is 3.28. The van der Waals surface area contributed by atoms with Gasteiger partial charge in [-0.3, -0.25) is 9.78 Å². The summed E-state index contributed by atoms with van der Waals surface area (Å²) in [5.41, 5.74) is 3.39. The minimum absolute atomic E-state index is 0.170. The maximum atomic E-state index is 14.2. The SMILES string of the molecule is O=C(NOC1CCCCO1)/C(F)=C/c1cnc(N[C@]2(Cc3ccccc3)CCNC2)cn1. The zero-order valence-corrected chi connectivity index (χ0v) is 17.9. The quantitative estimate of drug-likeness (QED) is 0.428. The predicted molar refractivity (Wildman–Crippen MR) is 118 cm³/mol. The van der Waals surface area contributed by atoms with Crippen LogP contribution in [0.5, 0.6) is 0 Å². The van der Waals surface area contributed by atoms with E-state index in [4.69, 9.17) is 9.57 Å². The zero-order chi connectivity index (χ0) is 22.2. The van der Waals surface area contributed by atoms with Gasteiger partial charge in [-0.15, -0.1) is 0 Å². The molecule has 1 amide bonds. The number of anilines is 1. The van der Waals surface area contributed by atoms with Gasteiger partial charge in [0, 0.05) is 25.6 Å². The standard InChI is InChI=1S/C23H28FN5O3/c24-19(22(30)29-32-21-8-4-5-11-31-21)12-18-14-27-20(15-26-18)28-23(9-10-25-16-23)13-17-6-2-1-3-7-17/h1-3,6-7,12,14-15,21,25H,4-5,8-11,13,16H2,(H,27,28)(H,29,30)/b19-12-/t21?,23-/m0/s1. The van der Waals surface area contributed by atoms with E-state index in [1.807, 2.05) is 18.2 Å². The van der Waals surface area contributed by atoms with E-state index in [9.17, 15) is 9.18 Å². The fourth-order valence-electron chi connectivity index (χ4n) is 3.95. The molecule has 8 nitrogen and oxygen atoms in total. The van der Waals surface area contributed by atoms with Crippen LogP contribution in [0.4, 0.5) is 10.2 Å². The van der Waals surface area contributed by atoms with Crippen molar-refractivity contribution >= 4 is 17.8 Å². The molecule has 3 N–H and O–H groups in total. The smallest absolute Gasteiger partial charge is 0.303 e. The number of ether oxygens (including phenoxy) is 1. The average molecular weight is 442 g/mol. The van der Waals surface area contributed by atoms with Crippen LogP contribution in [0.2, 0.25) is 0 Å². The summed E-state index contributed by atoms with van der Waals surface area (Å²) >= 11 is 0. The number of aromatic nitrogens is 2. The van der Waals surface area contributed by atoms with E-state index in [0.29, 0.717) is 18.8 Å². The highest BCUT2D eigenvalue weighted by Crippen LogP contribution is 2.25. The third-order valence-corrected chi connectivity index (χ3v) is 5.61. The molecule has 9 heteroatoms. The Balaban J connectivity index is 1.34. The number of hydrogen-bond acceptors (Lipinski definition) is 7. The van der Waals surface area contributed by atoms with Crippen LogP contribution >= 0.6 is 0 Å². The van der Waals surface area contributed by atoms with Crippen molar-refractivity contribution < 1.29 is 18.8 Å². The monoisotopic (exact) mass is 441 g/mol. The molecule has 3 heterocycles. The number of carbonyl (C=O) groups is 1. The lowest BCUT2D eigenvalue weighted by Crippen LogP contribution is -2.43. The summed E-state index contributed by atoms with van der Waals surface area (Å²) in [7, 11) is 0. The number of nitrogens with zero attached hydrogens (tertiary/aromatic N) is 2. The van der Waals surface area contributed by atoms with Gasteiger partial charge in [0.1, 0.15) is 5.82 Å². The Bertz CT molecular complexity index is 911. The molecule has 1 unspecified atom stereocenters. The largest absolute Gasteiger partial charge is 0.362 e. The fourth-order valence-corrected chi connectivity index (χ4v) is 3.95. The predicted octanol–water partition coefficient (Wildman–Crippen LogP) is 2.75. The molecule has 2 aromatic rings. The van der Waals surface area contributed by atoms with Gasteiger partial charge in [-0.25, -0.2) is 19.7 Å². The number of carbonyl (C=O) groups excluding carboxylic acids is 1. The number of hydrogen-bond donors (Lipinski definition) is 3. The molecular weight excluding hydrogens is 413 g/mol. The van der Waals surface area contributed by atoms with E-state index in [1.54, 1.807) is 6.20 Å². The van der Waals surface area contributed by atoms with Gasteiger partial charge in [0.2, 0.25) is 0 Å². The van der Waals surface area contributed by atoms with Gasteiger partial charge in [0.25, 0.3) is 0 Å². The maximum absolute atomic E-state index is 14.2. The maximum Gasteiger partial charge on any atom is 0.303 e. The van der Waals surface area contributed by atoms with E-state index in [0.717, 1.165) is 44.8 Å². The first-order chi connectivity index (χ1) is 15.6. The highest BCUT2D eigenvalue weighted by atomic mass is 19.1. The van der Waals surface area contributed by atoms with Gasteiger partial charge in [0.15, 0.2) is 12.1 Å². The van der Waals surface area contributed by atoms with Crippen LogP contribution in [-0.4, -0.2) is 47.4 Å². The molecule has 0 saturated carbocycles. The van der Waals surface area contributed by atoms with E-state index in [1.165, 1.54) is 11.8 Å². The van der Waals surface area contributed by atoms with Gasteiger partial charge in [-0.2, -0.15) is 0 Å². The second-order valence-electron chi connectivity index (χ2n) is 8.16. The first-order valence-corrected chi connectivity index (χ1v) is 10.9. The molecular formula is C23H28FN5O3. The van der Waals surface area contributed by atoms with Crippen LogP contribution in [0.1, 0.15) is 36.9 Å². The van der Waals surface area contributed by atoms with Crippen LogP contribution in [0, 0.1) is 0 Å². The Morgan fingerprint density at radius 2 is 2.16 bits per heavy atom. The Labute approximate surface area is 186 Å². The first kappa shape index (κ1) is 22.3. The summed E-state index contributed by atoms with van der Waals surface area (Å²) in [5.74, 6) is -1.40. The third kappa shape index (κ3) is 6.09. The second-order valence-corrected chi connectivity index (χ2v) is 8.16. The lowest BCUT2D eigenvalue weighted by atomic mass is 9.90. The Hall–Kier alpha value is -2.88. The van der Waals surface area contributed by atoms with Crippen molar-refractivity contribution in [2.75, 3.05) is 25.0 Å². The van der Waals surface area contributed by atoms with Gasteiger partial charge in [0.05, 0.1) is 23.6 Å². The molecule has 2 aliphatic heterocycles. The summed E-state index contributed by atoms with van der Waals surface area (Å²) in [6.45, 7) is 2.30. The minimum atomic E-state index is -1.02. The van der Waals surface area contributed by atoms with Crippen molar-refractivity contribution in [3.05, 3.63) is 59.8 Å². The van der Waals surface area contributed by atoms with Crippen LogP contribution in [0.25, 0.3) is 6.08 Å². The van der Waals surface area contributed by atoms with Gasteiger partial charge in [-0.05, 0) is 37.8 Å². The molecule has 0 bridgehead atoms. The van der Waals surface area contributed by atoms with E-state index in [-0.39, 0.29) is 11.2 Å². The summed E-state index contributed by atoms with van der Waals surface area (Å²) in [4.78, 5) is 25.6. The Morgan fingerprint density at radius 1 is 1.28 bits per heavy atom. The van der Waals surface area contributed by atoms with Crippen molar-refractivity contribution in [1.29, 1.82) is 0 Å². The molecule has 2 fully saturated rings. The summed E-state index contributed by atoms with van der Waals surface area (Å²) < 4.78 is 19.5. The van der Waals surface area contributed by atoms with E-state index < -0.39 is 18.0 Å². The van der Waals surface area contributed by atoms with Crippen molar-refractivity contribution in [2.24, 2.45) is 0 Å². The van der Waals surface area contributed by atoms with Crippen LogP contribution in [0.3, 0.4) is 0 Å². The number of nitrogens with one attached hydrogen (secondary N) is 3. The topological polar surface area (TPSA) is 97.4 Å². The first-order valence-electron chi connectivity index (χ1n) is 10.9. The highest BCUT2D eigenvalue weighted by Gasteiger charge is 2.34. The zero-order valence-electron chi connectivity index (χ0n) is 17.9. The second kappa shape index (κ2) is 10.6. The lowest BCUT2D eigenvalue weighted by Gasteiger charge is -2.30. The van der Waals surface area contributed by atoms with Crippen molar-refractivity contribution in [3.63, 3.8) is 0 Å². The van der Waals surface area contributed by atoms with Crippen molar-refractivity contribution in [1.82, 2.24) is 20.8 Å². The van der Waals surface area contributed by atoms with Gasteiger partial charge >= 0.3 is 5.91 Å². The van der Waals surface area contributed by atoms with Crippen LogP contribution in [0.15, 0.2) is 48.6 Å². The number of benzene rings is 1. The molecule has 0 aliphatic carbocycles. The fraction of sp³-hybridized carbons (Fsp3) is 0.435. The minimum Gasteiger partial charge on any atom is -0.362 e. The summed E-state index contributed by atoms with van der Waals surface area (Å²) in [5, 5.41) is 6.90. The molecule has 32 heavy (non-hydrogen) atoms. The highest BCUT2D eigenvalue weighted by molar-refractivity contribution is 5.94.